The largest absolute Gasteiger partial charge is 0.495 e. The molecule has 2 amide bonds. The van der Waals surface area contributed by atoms with Gasteiger partial charge in [-0.1, -0.05) is 12.2 Å². The number of carboxylic acids is 1. The van der Waals surface area contributed by atoms with E-state index in [4.69, 9.17) is 4.74 Å². The Kier molecular flexibility index (Phi) is 5.57. The number of ether oxygens (including phenoxy) is 1. The SMILES string of the molecule is CNC(=O)c1ccc(OC)c(NC(=O)[C@@H]2CC=CC[C@@H]2C(=O)O)c1. The van der Waals surface area contributed by atoms with E-state index in [0.29, 0.717) is 29.8 Å². The van der Waals surface area contributed by atoms with Crippen LogP contribution in [-0.4, -0.2) is 37.0 Å². The van der Waals surface area contributed by atoms with Crippen LogP contribution in [0.15, 0.2) is 30.4 Å². The van der Waals surface area contributed by atoms with Gasteiger partial charge in [0.25, 0.3) is 5.91 Å². The Labute approximate surface area is 139 Å². The number of rotatable bonds is 5. The zero-order chi connectivity index (χ0) is 17.7. The molecule has 24 heavy (non-hydrogen) atoms. The van der Waals surface area contributed by atoms with Gasteiger partial charge < -0.3 is 20.5 Å². The lowest BCUT2D eigenvalue weighted by Crippen LogP contribution is -2.34. The Morgan fingerprint density at radius 1 is 1.17 bits per heavy atom. The molecule has 0 heterocycles. The zero-order valence-electron chi connectivity index (χ0n) is 13.5. The maximum absolute atomic E-state index is 12.5. The van der Waals surface area contributed by atoms with Crippen LogP contribution in [0.3, 0.4) is 0 Å². The molecule has 3 N–H and O–H groups in total. The van der Waals surface area contributed by atoms with E-state index < -0.39 is 23.7 Å². The highest BCUT2D eigenvalue weighted by atomic mass is 16.5. The van der Waals surface area contributed by atoms with Crippen molar-refractivity contribution < 1.29 is 24.2 Å². The van der Waals surface area contributed by atoms with Crippen molar-refractivity contribution in [1.82, 2.24) is 5.32 Å². The van der Waals surface area contributed by atoms with E-state index >= 15 is 0 Å². The van der Waals surface area contributed by atoms with Crippen LogP contribution in [0.1, 0.15) is 23.2 Å². The first-order chi connectivity index (χ1) is 11.5. The molecule has 7 heteroatoms. The van der Waals surface area contributed by atoms with Gasteiger partial charge in [-0.2, -0.15) is 0 Å². The molecule has 0 aliphatic heterocycles. The maximum Gasteiger partial charge on any atom is 0.307 e. The fraction of sp³-hybridized carbons (Fsp3) is 0.353. The van der Waals surface area contributed by atoms with E-state index in [1.54, 1.807) is 18.2 Å². The van der Waals surface area contributed by atoms with Gasteiger partial charge in [0.1, 0.15) is 5.75 Å². The molecule has 0 unspecified atom stereocenters. The van der Waals surface area contributed by atoms with Crippen LogP contribution < -0.4 is 15.4 Å². The Morgan fingerprint density at radius 3 is 2.42 bits per heavy atom. The van der Waals surface area contributed by atoms with Crippen molar-refractivity contribution >= 4 is 23.5 Å². The number of carboxylic acid groups (broad SMARTS) is 1. The standard InChI is InChI=1S/C17H20N2O5/c1-18-15(20)10-7-8-14(24-2)13(9-10)19-16(21)11-5-3-4-6-12(11)17(22)23/h3-4,7-9,11-12H,5-6H2,1-2H3,(H,18,20)(H,19,21)(H,22,23)/t11-,12+/m1/s1. The van der Waals surface area contributed by atoms with E-state index in [2.05, 4.69) is 10.6 Å². The number of aliphatic carboxylic acids is 1. The summed E-state index contributed by atoms with van der Waals surface area (Å²) in [4.78, 5) is 35.6. The predicted octanol–water partition coefficient (Wildman–Crippen LogP) is 1.66. The molecule has 0 saturated heterocycles. The van der Waals surface area contributed by atoms with Gasteiger partial charge in [-0.15, -0.1) is 0 Å². The van der Waals surface area contributed by atoms with Crippen LogP contribution in [0.25, 0.3) is 0 Å². The van der Waals surface area contributed by atoms with Gasteiger partial charge in [-0.25, -0.2) is 0 Å². The van der Waals surface area contributed by atoms with Crippen LogP contribution in [0.4, 0.5) is 5.69 Å². The van der Waals surface area contributed by atoms with Crippen molar-refractivity contribution in [1.29, 1.82) is 0 Å². The number of anilines is 1. The highest BCUT2D eigenvalue weighted by Gasteiger charge is 2.34. The second-order valence-corrected chi connectivity index (χ2v) is 5.48. The number of carbonyl (C=O) groups excluding carboxylic acids is 2. The molecule has 2 rings (SSSR count). The van der Waals surface area contributed by atoms with Gasteiger partial charge in [0, 0.05) is 12.6 Å². The molecule has 0 radical (unpaired) electrons. The van der Waals surface area contributed by atoms with Crippen molar-refractivity contribution in [3.63, 3.8) is 0 Å². The molecular weight excluding hydrogens is 312 g/mol. The zero-order valence-corrected chi connectivity index (χ0v) is 13.5. The van der Waals surface area contributed by atoms with E-state index in [1.807, 2.05) is 6.08 Å². The number of hydrogen-bond acceptors (Lipinski definition) is 4. The third-order valence-corrected chi connectivity index (χ3v) is 4.03. The monoisotopic (exact) mass is 332 g/mol. The number of amides is 2. The van der Waals surface area contributed by atoms with Gasteiger partial charge in [0.2, 0.25) is 5.91 Å². The number of carbonyl (C=O) groups is 3. The molecular formula is C17H20N2O5. The summed E-state index contributed by atoms with van der Waals surface area (Å²) in [6.07, 6.45) is 4.26. The minimum Gasteiger partial charge on any atom is -0.495 e. The number of hydrogen-bond donors (Lipinski definition) is 3. The minimum absolute atomic E-state index is 0.294. The molecule has 2 atom stereocenters. The van der Waals surface area contributed by atoms with Gasteiger partial charge in [0.05, 0.1) is 24.6 Å². The van der Waals surface area contributed by atoms with E-state index in [-0.39, 0.29) is 5.91 Å². The number of allylic oxidation sites excluding steroid dienone is 2. The second-order valence-electron chi connectivity index (χ2n) is 5.48. The Hall–Kier alpha value is -2.83. The quantitative estimate of drug-likeness (QED) is 0.711. The van der Waals surface area contributed by atoms with Crippen LogP contribution in [0.2, 0.25) is 0 Å². The summed E-state index contributed by atoms with van der Waals surface area (Å²) in [5.74, 6) is -2.72. The summed E-state index contributed by atoms with van der Waals surface area (Å²) < 4.78 is 5.20. The lowest BCUT2D eigenvalue weighted by Gasteiger charge is -2.24. The average molecular weight is 332 g/mol. The molecule has 7 nitrogen and oxygen atoms in total. The highest BCUT2D eigenvalue weighted by molar-refractivity contribution is 5.99. The summed E-state index contributed by atoms with van der Waals surface area (Å²) in [6, 6.07) is 4.66. The predicted molar refractivity (Wildman–Crippen MR) is 88.0 cm³/mol. The normalized spacial score (nSPS) is 19.4. The van der Waals surface area contributed by atoms with Gasteiger partial charge in [-0.3, -0.25) is 14.4 Å². The smallest absolute Gasteiger partial charge is 0.307 e. The first-order valence-corrected chi connectivity index (χ1v) is 7.56. The molecule has 0 bridgehead atoms. The number of nitrogens with one attached hydrogen (secondary N) is 2. The average Bonchev–Trinajstić information content (AvgIpc) is 2.60. The fourth-order valence-corrected chi connectivity index (χ4v) is 2.69. The van der Waals surface area contributed by atoms with Crippen molar-refractivity contribution in [2.75, 3.05) is 19.5 Å². The van der Waals surface area contributed by atoms with E-state index in [9.17, 15) is 19.5 Å². The van der Waals surface area contributed by atoms with Crippen molar-refractivity contribution in [2.45, 2.75) is 12.8 Å². The van der Waals surface area contributed by atoms with Gasteiger partial charge >= 0.3 is 5.97 Å². The lowest BCUT2D eigenvalue weighted by atomic mass is 9.82. The maximum atomic E-state index is 12.5. The van der Waals surface area contributed by atoms with Crippen molar-refractivity contribution in [2.24, 2.45) is 11.8 Å². The minimum atomic E-state index is -0.995. The van der Waals surface area contributed by atoms with Crippen molar-refractivity contribution in [3.8, 4) is 5.75 Å². The molecule has 128 valence electrons. The fourth-order valence-electron chi connectivity index (χ4n) is 2.69. The summed E-state index contributed by atoms with van der Waals surface area (Å²) in [7, 11) is 2.96. The first kappa shape index (κ1) is 17.5. The molecule has 0 aromatic heterocycles. The summed E-state index contributed by atoms with van der Waals surface area (Å²) >= 11 is 0. The third-order valence-electron chi connectivity index (χ3n) is 4.03. The van der Waals surface area contributed by atoms with E-state index in [1.165, 1.54) is 20.2 Å². The van der Waals surface area contributed by atoms with E-state index in [0.717, 1.165) is 0 Å². The summed E-state index contributed by atoms with van der Waals surface area (Å²) in [5.41, 5.74) is 0.703. The summed E-state index contributed by atoms with van der Waals surface area (Å²) in [5, 5.41) is 14.5. The van der Waals surface area contributed by atoms with Gasteiger partial charge in [0.15, 0.2) is 0 Å². The Morgan fingerprint density at radius 2 is 1.83 bits per heavy atom. The number of benzene rings is 1. The highest BCUT2D eigenvalue weighted by Crippen LogP contribution is 2.30. The van der Waals surface area contributed by atoms with Crippen LogP contribution >= 0.6 is 0 Å². The van der Waals surface area contributed by atoms with Crippen LogP contribution in [0, 0.1) is 11.8 Å². The molecule has 0 saturated carbocycles. The molecule has 1 aliphatic rings. The summed E-state index contributed by atoms with van der Waals surface area (Å²) in [6.45, 7) is 0. The Balaban J connectivity index is 2.25. The van der Waals surface area contributed by atoms with Crippen LogP contribution in [0.5, 0.6) is 5.75 Å². The molecule has 0 spiro atoms. The third kappa shape index (κ3) is 3.73. The first-order valence-electron chi connectivity index (χ1n) is 7.56. The lowest BCUT2D eigenvalue weighted by molar-refractivity contribution is -0.146. The van der Waals surface area contributed by atoms with Gasteiger partial charge in [-0.05, 0) is 31.0 Å². The molecule has 1 aliphatic carbocycles. The van der Waals surface area contributed by atoms with Crippen LogP contribution in [-0.2, 0) is 9.59 Å². The molecule has 1 aromatic rings. The topological polar surface area (TPSA) is 105 Å². The molecule has 1 aromatic carbocycles. The number of methoxy groups -OCH3 is 1. The van der Waals surface area contributed by atoms with Crippen molar-refractivity contribution in [3.05, 3.63) is 35.9 Å². The Bertz CT molecular complexity index is 684. The second kappa shape index (κ2) is 7.63. The molecule has 0 fully saturated rings.